The number of carbonyl (C=O) groups excluding carboxylic acids is 8. The molecule has 0 fully saturated rings. The Hall–Kier alpha value is -8.64. The molecule has 0 bridgehead atoms. The molecule has 74 heavy (non-hydrogen) atoms. The fourth-order valence-electron chi connectivity index (χ4n) is 12.2. The fourth-order valence-corrected chi connectivity index (χ4v) is 12.2. The summed E-state index contributed by atoms with van der Waals surface area (Å²) in [6.07, 6.45) is 6.84. The van der Waals surface area contributed by atoms with Gasteiger partial charge >= 0.3 is 0 Å². The summed E-state index contributed by atoms with van der Waals surface area (Å²) in [4.78, 5) is 110. The highest BCUT2D eigenvalue weighted by Gasteiger charge is 2.38. The molecule has 0 atom stereocenters. The van der Waals surface area contributed by atoms with E-state index in [0.717, 1.165) is 93.7 Å². The Balaban J connectivity index is 0.000000138. The average Bonchev–Trinajstić information content (AvgIpc) is 3.42. The van der Waals surface area contributed by atoms with Gasteiger partial charge in [-0.1, -0.05) is 101 Å². The van der Waals surface area contributed by atoms with Gasteiger partial charge in [0, 0.05) is 93.2 Å². The molecule has 0 saturated carbocycles. The lowest BCUT2D eigenvalue weighted by atomic mass is 9.82. The van der Waals surface area contributed by atoms with Crippen molar-refractivity contribution in [3.05, 3.63) is 142 Å². The van der Waals surface area contributed by atoms with Crippen molar-refractivity contribution < 1.29 is 38.4 Å². The summed E-state index contributed by atoms with van der Waals surface area (Å²) in [6.45, 7) is 9.04. The van der Waals surface area contributed by atoms with E-state index in [1.165, 1.54) is 43.2 Å². The van der Waals surface area contributed by atoms with E-state index in [4.69, 9.17) is 0 Å². The molecular weight excluding hydrogens is 929 g/mol. The zero-order chi connectivity index (χ0) is 51.8. The van der Waals surface area contributed by atoms with Gasteiger partial charge in [-0.3, -0.25) is 58.0 Å². The molecule has 12 heteroatoms. The third-order valence-corrected chi connectivity index (χ3v) is 15.9. The van der Waals surface area contributed by atoms with Crippen molar-refractivity contribution in [3.63, 3.8) is 0 Å². The van der Waals surface area contributed by atoms with Crippen LogP contribution in [0.3, 0.4) is 0 Å². The maximum atomic E-state index is 13.4. The molecule has 10 aromatic rings. The molecule has 8 amide bonds. The Morgan fingerprint density at radius 2 is 0.500 bits per heavy atom. The summed E-state index contributed by atoms with van der Waals surface area (Å²) >= 11 is 0. The second-order valence-corrected chi connectivity index (χ2v) is 19.8. The molecule has 4 heterocycles. The minimum absolute atomic E-state index is 0.248. The largest absolute Gasteiger partial charge is 0.277 e. The van der Waals surface area contributed by atoms with E-state index < -0.39 is 0 Å². The molecule has 4 aliphatic heterocycles. The van der Waals surface area contributed by atoms with Crippen LogP contribution >= 0.6 is 0 Å². The van der Waals surface area contributed by atoms with Gasteiger partial charge in [0.1, 0.15) is 0 Å². The zero-order valence-corrected chi connectivity index (χ0v) is 41.9. The predicted molar refractivity (Wildman–Crippen MR) is 289 cm³/mol. The standard InChI is InChI=1S/C30H22N2O4.C27H16N2O4.C5H12/c1-3-4-5-14-32-29(35)21-12-8-17-15-6-10-19-25-20(28(34)31(2)27(19)33)11-7-16(23(15)25)18-9-13-22(30(32)36)26(21)24(17)18;1-3-29-26(32)18-10-6-14-12-4-8-16-22-17(25(31)28(2)24(16)30)9-5-13(20(12)22)15-7-11-19(27(29)33)23(18)21(14)15;1-3-5-4-2/h6-13H,3-5,14H2,1-2H3;4-11H,3H2,1-2H3;3-5H2,1-2H3. The highest BCUT2D eigenvalue weighted by molar-refractivity contribution is 6.43. The van der Waals surface area contributed by atoms with Crippen LogP contribution in [-0.4, -0.2) is 94.0 Å². The average molecular weight is 979 g/mol. The summed E-state index contributed by atoms with van der Waals surface area (Å²) in [7, 11) is 3.00. The predicted octanol–water partition coefficient (Wildman–Crippen LogP) is 12.5. The van der Waals surface area contributed by atoms with Gasteiger partial charge in [0.05, 0.1) is 0 Å². The lowest BCUT2D eigenvalue weighted by Crippen LogP contribution is -2.40. The van der Waals surface area contributed by atoms with E-state index in [2.05, 4.69) is 20.8 Å². The van der Waals surface area contributed by atoms with Gasteiger partial charge in [0.15, 0.2) is 0 Å². The van der Waals surface area contributed by atoms with Gasteiger partial charge < -0.3 is 0 Å². The first-order valence-electron chi connectivity index (χ1n) is 25.6. The van der Waals surface area contributed by atoms with Crippen LogP contribution in [0.5, 0.6) is 0 Å². The van der Waals surface area contributed by atoms with Crippen molar-refractivity contribution in [2.45, 2.75) is 66.2 Å². The van der Waals surface area contributed by atoms with Crippen LogP contribution in [0.2, 0.25) is 0 Å². The third-order valence-electron chi connectivity index (χ3n) is 15.9. The van der Waals surface area contributed by atoms with Crippen molar-refractivity contribution in [1.82, 2.24) is 19.6 Å². The van der Waals surface area contributed by atoms with Gasteiger partial charge in [0.25, 0.3) is 47.3 Å². The topological polar surface area (TPSA) is 150 Å². The van der Waals surface area contributed by atoms with E-state index in [1.807, 2.05) is 60.7 Å². The van der Waals surface area contributed by atoms with E-state index >= 15 is 0 Å². The molecule has 0 N–H and O–H groups in total. The normalized spacial score (nSPS) is 15.2. The number of unbranched alkanes of at least 4 members (excludes halogenated alkanes) is 4. The fraction of sp³-hybridized carbons (Fsp3) is 0.226. The van der Waals surface area contributed by atoms with Gasteiger partial charge in [-0.05, 0) is 127 Å². The molecule has 0 aromatic heterocycles. The number of hydrogen-bond acceptors (Lipinski definition) is 8. The van der Waals surface area contributed by atoms with E-state index in [0.29, 0.717) is 79.1 Å². The molecule has 4 aliphatic rings. The highest BCUT2D eigenvalue weighted by Crippen LogP contribution is 2.48. The first-order valence-corrected chi connectivity index (χ1v) is 25.6. The molecule has 0 saturated heterocycles. The maximum absolute atomic E-state index is 13.4. The second kappa shape index (κ2) is 17.0. The van der Waals surface area contributed by atoms with Crippen LogP contribution in [0.15, 0.2) is 97.1 Å². The quantitative estimate of drug-likeness (QED) is 0.0663. The Kier molecular flexibility index (Phi) is 10.7. The molecule has 14 rings (SSSR count). The number of imide groups is 4. The van der Waals surface area contributed by atoms with Crippen molar-refractivity contribution in [3.8, 4) is 0 Å². The monoisotopic (exact) mass is 978 g/mol. The number of benzene rings is 10. The molecule has 12 nitrogen and oxygen atoms in total. The van der Waals surface area contributed by atoms with E-state index in [9.17, 15) is 38.4 Å². The van der Waals surface area contributed by atoms with Crippen molar-refractivity contribution in [1.29, 1.82) is 0 Å². The number of carbonyl (C=O) groups is 8. The van der Waals surface area contributed by atoms with E-state index in [-0.39, 0.29) is 47.3 Å². The lowest BCUT2D eigenvalue weighted by molar-refractivity contribution is 0.0596. The van der Waals surface area contributed by atoms with Crippen LogP contribution in [0.4, 0.5) is 0 Å². The minimum atomic E-state index is -0.317. The van der Waals surface area contributed by atoms with E-state index in [1.54, 1.807) is 43.3 Å². The Morgan fingerprint density at radius 1 is 0.270 bits per heavy atom. The second-order valence-electron chi connectivity index (χ2n) is 19.8. The molecule has 0 unspecified atom stereocenters. The molecular formula is C62H50N4O8. The molecule has 0 aliphatic carbocycles. The number of rotatable bonds is 7. The van der Waals surface area contributed by atoms with Crippen molar-refractivity contribution >= 4 is 133 Å². The van der Waals surface area contributed by atoms with Crippen LogP contribution in [-0.2, 0) is 0 Å². The Bertz CT molecular complexity index is 4010. The minimum Gasteiger partial charge on any atom is -0.277 e. The Morgan fingerprint density at radius 3 is 0.716 bits per heavy atom. The van der Waals surface area contributed by atoms with Crippen LogP contribution in [0.25, 0.3) is 86.2 Å². The summed E-state index contributed by atoms with van der Waals surface area (Å²) in [6, 6.07) is 29.7. The molecule has 366 valence electrons. The zero-order valence-electron chi connectivity index (χ0n) is 41.9. The van der Waals surface area contributed by atoms with Gasteiger partial charge in [0.2, 0.25) is 0 Å². The first kappa shape index (κ1) is 46.4. The van der Waals surface area contributed by atoms with Crippen molar-refractivity contribution in [2.75, 3.05) is 27.2 Å². The summed E-state index contributed by atoms with van der Waals surface area (Å²) < 4.78 is 0. The van der Waals surface area contributed by atoms with Gasteiger partial charge in [-0.15, -0.1) is 0 Å². The molecule has 0 radical (unpaired) electrons. The van der Waals surface area contributed by atoms with Gasteiger partial charge in [-0.25, -0.2) is 0 Å². The Labute approximate surface area is 424 Å². The number of amides is 8. The molecule has 10 aromatic carbocycles. The number of nitrogens with zero attached hydrogens (tertiary/aromatic N) is 4. The van der Waals surface area contributed by atoms with Crippen LogP contribution in [0.1, 0.15) is 149 Å². The smallest absolute Gasteiger partial charge is 0.261 e. The summed E-state index contributed by atoms with van der Waals surface area (Å²) in [5, 5.41) is 13.4. The summed E-state index contributed by atoms with van der Waals surface area (Å²) in [5.74, 6) is -2.32. The SMILES string of the molecule is CCCCC.CCCCCN1C(=O)c2ccc3c4ccc5c6c(ccc(c7ccc(c2c37)C1=O)c64)C(=O)N(C)C5=O.CCN1C(=O)c2ccc3c4ccc5c6c(ccc(c7ccc(c2c37)C1=O)c64)C(=O)N(C)C5=O. The number of fused-ring (bicyclic) bond motifs is 4. The van der Waals surface area contributed by atoms with Crippen LogP contribution in [0, 0.1) is 0 Å². The highest BCUT2D eigenvalue weighted by atomic mass is 16.2. The van der Waals surface area contributed by atoms with Crippen LogP contribution < -0.4 is 0 Å². The third kappa shape index (κ3) is 6.14. The first-order chi connectivity index (χ1) is 35.8. The van der Waals surface area contributed by atoms with Crippen molar-refractivity contribution in [2.24, 2.45) is 0 Å². The van der Waals surface area contributed by atoms with Gasteiger partial charge in [-0.2, -0.15) is 0 Å². The molecule has 0 spiro atoms. The summed E-state index contributed by atoms with van der Waals surface area (Å²) in [5.41, 5.74) is 4.16. The maximum Gasteiger partial charge on any atom is 0.261 e. The number of hydrogen-bond donors (Lipinski definition) is 0. The lowest BCUT2D eigenvalue weighted by Gasteiger charge is -2.29.